The van der Waals surface area contributed by atoms with Gasteiger partial charge in [-0.25, -0.2) is 4.99 Å². The van der Waals surface area contributed by atoms with E-state index in [0.29, 0.717) is 33.9 Å². The van der Waals surface area contributed by atoms with Crippen molar-refractivity contribution in [1.82, 2.24) is 5.32 Å². The maximum Gasteiger partial charge on any atom is 0.264 e. The lowest BCUT2D eigenvalue weighted by Gasteiger charge is -2.06. The van der Waals surface area contributed by atoms with E-state index >= 15 is 0 Å². The molecule has 0 radical (unpaired) electrons. The number of hydrogen-bond acceptors (Lipinski definition) is 5. The molecule has 1 aliphatic rings. The summed E-state index contributed by atoms with van der Waals surface area (Å²) in [5, 5.41) is 3.30. The summed E-state index contributed by atoms with van der Waals surface area (Å²) >= 11 is 4.70. The van der Waals surface area contributed by atoms with E-state index in [0.717, 1.165) is 15.8 Å². The molecule has 1 aromatic heterocycles. The van der Waals surface area contributed by atoms with Gasteiger partial charge in [0.2, 0.25) is 0 Å². The molecule has 4 rings (SSSR count). The Bertz CT molecular complexity index is 1100. The number of hydrogen-bond donors (Lipinski definition) is 1. The van der Waals surface area contributed by atoms with Gasteiger partial charge in [0.05, 0.1) is 11.5 Å². The number of amidine groups is 1. The summed E-state index contributed by atoms with van der Waals surface area (Å²) in [6, 6.07) is 19.1. The number of benzene rings is 2. The molecule has 2 aromatic carbocycles. The Morgan fingerprint density at radius 2 is 1.93 bits per heavy atom. The fraction of sp³-hybridized carbons (Fsp3) is 0.0909. The Morgan fingerprint density at radius 3 is 2.72 bits per heavy atom. The maximum atomic E-state index is 12.3. The number of ether oxygens (including phenoxy) is 1. The molecule has 1 saturated heterocycles. The van der Waals surface area contributed by atoms with Crippen molar-refractivity contribution >= 4 is 50.5 Å². The van der Waals surface area contributed by atoms with Crippen molar-refractivity contribution in [2.75, 3.05) is 6.61 Å². The molecular formula is C22H17BrN2O3S. The molecule has 5 nitrogen and oxygen atoms in total. The van der Waals surface area contributed by atoms with E-state index in [1.165, 1.54) is 11.8 Å². The van der Waals surface area contributed by atoms with Gasteiger partial charge in [0.1, 0.15) is 23.0 Å². The molecule has 0 saturated carbocycles. The van der Waals surface area contributed by atoms with Crippen LogP contribution in [0.5, 0.6) is 5.75 Å². The molecular weight excluding hydrogens is 452 g/mol. The number of aliphatic imine (C=N–C) groups is 1. The van der Waals surface area contributed by atoms with E-state index in [2.05, 4.69) is 26.2 Å². The van der Waals surface area contributed by atoms with Gasteiger partial charge in [0, 0.05) is 16.1 Å². The van der Waals surface area contributed by atoms with E-state index < -0.39 is 0 Å². The highest BCUT2D eigenvalue weighted by Crippen LogP contribution is 2.33. The summed E-state index contributed by atoms with van der Waals surface area (Å²) in [5.74, 6) is 1.83. The van der Waals surface area contributed by atoms with Crippen LogP contribution in [-0.4, -0.2) is 17.7 Å². The van der Waals surface area contributed by atoms with Crippen LogP contribution < -0.4 is 10.1 Å². The third-order valence-corrected chi connectivity index (χ3v) is 5.51. The van der Waals surface area contributed by atoms with E-state index in [4.69, 9.17) is 9.15 Å². The lowest BCUT2D eigenvalue weighted by molar-refractivity contribution is -0.115. The van der Waals surface area contributed by atoms with Gasteiger partial charge in [-0.1, -0.05) is 40.2 Å². The fourth-order valence-corrected chi connectivity index (χ4v) is 3.83. The molecule has 0 spiro atoms. The molecule has 1 amide bonds. The largest absolute Gasteiger partial charge is 0.492 e. The molecule has 3 aromatic rings. The highest BCUT2D eigenvalue weighted by Gasteiger charge is 2.24. The van der Waals surface area contributed by atoms with E-state index in [-0.39, 0.29) is 5.91 Å². The zero-order valence-electron chi connectivity index (χ0n) is 15.5. The van der Waals surface area contributed by atoms with Crippen molar-refractivity contribution in [2.45, 2.75) is 6.92 Å². The van der Waals surface area contributed by atoms with Crippen molar-refractivity contribution in [2.24, 2.45) is 4.99 Å². The first-order valence-corrected chi connectivity index (χ1v) is 10.6. The molecule has 1 fully saturated rings. The second-order valence-corrected chi connectivity index (χ2v) is 8.04. The minimum Gasteiger partial charge on any atom is -0.492 e. The first-order valence-electron chi connectivity index (χ1n) is 8.99. The van der Waals surface area contributed by atoms with Crippen LogP contribution in [-0.2, 0) is 4.79 Å². The minimum atomic E-state index is -0.204. The van der Waals surface area contributed by atoms with Crippen molar-refractivity contribution in [3.8, 4) is 17.1 Å². The average molecular weight is 469 g/mol. The van der Waals surface area contributed by atoms with Gasteiger partial charge in [-0.15, -0.1) is 0 Å². The highest BCUT2D eigenvalue weighted by molar-refractivity contribution is 9.10. The molecule has 1 aliphatic heterocycles. The first-order chi connectivity index (χ1) is 14.1. The summed E-state index contributed by atoms with van der Waals surface area (Å²) in [5.41, 5.74) is 1.64. The topological polar surface area (TPSA) is 63.8 Å². The Hall–Kier alpha value is -2.77. The number of rotatable bonds is 5. The normalized spacial score (nSPS) is 16.4. The zero-order chi connectivity index (χ0) is 20.2. The van der Waals surface area contributed by atoms with Gasteiger partial charge >= 0.3 is 0 Å². The standard InChI is InChI=1S/C22H17BrN2O3S/c1-2-27-19-6-4-3-5-17(19)24-22-25-21(26)20(29-22)13-16-11-12-18(28-16)14-7-9-15(23)10-8-14/h3-13H,2H2,1H3,(H,24,25,26). The van der Waals surface area contributed by atoms with Crippen molar-refractivity contribution in [3.05, 3.63) is 75.8 Å². The summed E-state index contributed by atoms with van der Waals surface area (Å²) in [6.45, 7) is 2.47. The predicted octanol–water partition coefficient (Wildman–Crippen LogP) is 6.00. The number of carbonyl (C=O) groups is 1. The van der Waals surface area contributed by atoms with Gasteiger partial charge in [-0.3, -0.25) is 4.79 Å². The lowest BCUT2D eigenvalue weighted by Crippen LogP contribution is -2.19. The SMILES string of the molecule is CCOc1ccccc1N=C1NC(=O)C(=Cc2ccc(-c3ccc(Br)cc3)o2)S1. The number of para-hydroxylation sites is 2. The van der Waals surface area contributed by atoms with Gasteiger partial charge in [-0.2, -0.15) is 0 Å². The Labute approximate surface area is 181 Å². The molecule has 0 bridgehead atoms. The molecule has 29 heavy (non-hydrogen) atoms. The van der Waals surface area contributed by atoms with Crippen LogP contribution in [0.2, 0.25) is 0 Å². The second-order valence-electron chi connectivity index (χ2n) is 6.09. The average Bonchev–Trinajstić information content (AvgIpc) is 3.31. The van der Waals surface area contributed by atoms with Crippen LogP contribution in [0.25, 0.3) is 17.4 Å². The smallest absolute Gasteiger partial charge is 0.264 e. The quantitative estimate of drug-likeness (QED) is 0.466. The second kappa shape index (κ2) is 8.71. The lowest BCUT2D eigenvalue weighted by atomic mass is 10.2. The van der Waals surface area contributed by atoms with Crippen LogP contribution in [0.15, 0.2) is 79.5 Å². The van der Waals surface area contributed by atoms with Crippen LogP contribution in [0.4, 0.5) is 5.69 Å². The van der Waals surface area contributed by atoms with Crippen LogP contribution in [0.3, 0.4) is 0 Å². The van der Waals surface area contributed by atoms with Gasteiger partial charge in [-0.05, 0) is 55.1 Å². The Kier molecular flexibility index (Phi) is 5.87. The minimum absolute atomic E-state index is 0.204. The fourth-order valence-electron chi connectivity index (χ4n) is 2.75. The van der Waals surface area contributed by atoms with Gasteiger partial charge in [0.15, 0.2) is 5.17 Å². The third kappa shape index (κ3) is 4.63. The number of furan rings is 1. The third-order valence-electron chi connectivity index (χ3n) is 4.07. The van der Waals surface area contributed by atoms with Crippen molar-refractivity contribution in [1.29, 1.82) is 0 Å². The summed E-state index contributed by atoms with van der Waals surface area (Å²) < 4.78 is 12.5. The predicted molar refractivity (Wildman–Crippen MR) is 120 cm³/mol. The number of nitrogens with zero attached hydrogens (tertiary/aromatic N) is 1. The molecule has 2 heterocycles. The van der Waals surface area contributed by atoms with Crippen molar-refractivity contribution in [3.63, 3.8) is 0 Å². The van der Waals surface area contributed by atoms with Gasteiger partial charge in [0.25, 0.3) is 5.91 Å². The Balaban J connectivity index is 1.54. The highest BCUT2D eigenvalue weighted by atomic mass is 79.9. The van der Waals surface area contributed by atoms with Gasteiger partial charge < -0.3 is 14.5 Å². The molecule has 1 N–H and O–H groups in total. The first kappa shape index (κ1) is 19.5. The molecule has 7 heteroatoms. The molecule has 0 unspecified atom stereocenters. The summed E-state index contributed by atoms with van der Waals surface area (Å²) in [6.07, 6.45) is 1.72. The zero-order valence-corrected chi connectivity index (χ0v) is 17.9. The molecule has 0 atom stereocenters. The summed E-state index contributed by atoms with van der Waals surface area (Å²) in [4.78, 5) is 17.4. The van der Waals surface area contributed by atoms with Crippen LogP contribution in [0.1, 0.15) is 12.7 Å². The number of thioether (sulfide) groups is 1. The number of nitrogens with one attached hydrogen (secondary N) is 1. The van der Waals surface area contributed by atoms with E-state index in [1.54, 1.807) is 6.08 Å². The van der Waals surface area contributed by atoms with E-state index in [1.807, 2.05) is 67.6 Å². The van der Waals surface area contributed by atoms with Crippen LogP contribution >= 0.6 is 27.7 Å². The molecule has 0 aliphatic carbocycles. The summed E-state index contributed by atoms with van der Waals surface area (Å²) in [7, 11) is 0. The monoisotopic (exact) mass is 468 g/mol. The number of carbonyl (C=O) groups excluding carboxylic acids is 1. The number of amides is 1. The maximum absolute atomic E-state index is 12.3. The van der Waals surface area contributed by atoms with Crippen LogP contribution in [0, 0.1) is 0 Å². The Morgan fingerprint density at radius 1 is 1.14 bits per heavy atom. The van der Waals surface area contributed by atoms with E-state index in [9.17, 15) is 4.79 Å². The molecule has 146 valence electrons. The van der Waals surface area contributed by atoms with Crippen molar-refractivity contribution < 1.29 is 13.9 Å². The number of halogens is 1.